The van der Waals surface area contributed by atoms with Gasteiger partial charge < -0.3 is 14.4 Å². The predicted octanol–water partition coefficient (Wildman–Crippen LogP) is 1.36. The number of aliphatic hydroxyl groups is 1. The smallest absolute Gasteiger partial charge is 0.289 e. The zero-order valence-electron chi connectivity index (χ0n) is 15.0. The van der Waals surface area contributed by atoms with Gasteiger partial charge in [-0.2, -0.15) is 11.8 Å². The lowest BCUT2D eigenvalue weighted by atomic mass is 10.0. The molecule has 0 radical (unpaired) electrons. The second-order valence-corrected chi connectivity index (χ2v) is 7.69. The van der Waals surface area contributed by atoms with Crippen LogP contribution in [-0.2, 0) is 5.75 Å². The van der Waals surface area contributed by atoms with Gasteiger partial charge in [0.2, 0.25) is 0 Å². The molecule has 1 amide bonds. The third-order valence-electron chi connectivity index (χ3n) is 5.25. The van der Waals surface area contributed by atoms with E-state index in [4.69, 9.17) is 9.52 Å². The Kier molecular flexibility index (Phi) is 6.81. The van der Waals surface area contributed by atoms with E-state index in [0.29, 0.717) is 11.8 Å². The normalized spacial score (nSPS) is 21.0. The van der Waals surface area contributed by atoms with Crippen LogP contribution in [0.5, 0.6) is 0 Å². The summed E-state index contributed by atoms with van der Waals surface area (Å²) < 4.78 is 5.67. The molecule has 2 aliphatic heterocycles. The van der Waals surface area contributed by atoms with Crippen molar-refractivity contribution >= 4 is 17.7 Å². The maximum Gasteiger partial charge on any atom is 0.289 e. The lowest BCUT2D eigenvalue weighted by molar-refractivity contribution is 0.0434. The molecule has 0 aromatic carbocycles. The molecule has 0 spiro atoms. The summed E-state index contributed by atoms with van der Waals surface area (Å²) in [6.45, 7) is 6.82. The first kappa shape index (κ1) is 18.8. The number of piperazine rings is 1. The molecular weight excluding hydrogens is 338 g/mol. The first-order chi connectivity index (χ1) is 12.2. The van der Waals surface area contributed by atoms with E-state index in [1.807, 2.05) is 17.2 Å². The second kappa shape index (κ2) is 9.07. The molecule has 3 heterocycles. The largest absolute Gasteiger partial charge is 0.455 e. The van der Waals surface area contributed by atoms with Crippen LogP contribution in [0.15, 0.2) is 16.5 Å². The number of aliphatic hydroxyl groups excluding tert-OH is 1. The van der Waals surface area contributed by atoms with Gasteiger partial charge in [-0.3, -0.25) is 14.6 Å². The zero-order valence-corrected chi connectivity index (χ0v) is 15.8. The number of hydrogen-bond donors (Lipinski definition) is 1. The van der Waals surface area contributed by atoms with Crippen molar-refractivity contribution in [1.82, 2.24) is 14.7 Å². The highest BCUT2D eigenvalue weighted by Gasteiger charge is 2.30. The van der Waals surface area contributed by atoms with Gasteiger partial charge in [-0.15, -0.1) is 0 Å². The summed E-state index contributed by atoms with van der Waals surface area (Å²) >= 11 is 1.69. The van der Waals surface area contributed by atoms with Crippen molar-refractivity contribution in [2.24, 2.45) is 0 Å². The summed E-state index contributed by atoms with van der Waals surface area (Å²) in [5.74, 6) is 2.17. The quantitative estimate of drug-likeness (QED) is 0.819. The first-order valence-corrected chi connectivity index (χ1v) is 10.5. The molecule has 6 nitrogen and oxygen atoms in total. The fourth-order valence-corrected chi connectivity index (χ4v) is 4.24. The molecule has 1 N–H and O–H groups in total. The molecule has 7 heteroatoms. The SMILES string of the molecule is CSCc1ccc(C(=O)N2CCC(N3CCN(CCO)CC3)CC2)o1. The van der Waals surface area contributed by atoms with Crippen LogP contribution in [0, 0.1) is 0 Å². The Morgan fingerprint density at radius 1 is 1.20 bits per heavy atom. The van der Waals surface area contributed by atoms with Crippen LogP contribution in [0.3, 0.4) is 0 Å². The van der Waals surface area contributed by atoms with Gasteiger partial charge in [0.05, 0.1) is 12.4 Å². The van der Waals surface area contributed by atoms with Crippen molar-refractivity contribution in [2.45, 2.75) is 24.6 Å². The van der Waals surface area contributed by atoms with E-state index in [0.717, 1.165) is 70.2 Å². The number of carbonyl (C=O) groups is 1. The summed E-state index contributed by atoms with van der Waals surface area (Å²) in [4.78, 5) is 19.4. The molecular formula is C18H29N3O3S. The molecule has 2 saturated heterocycles. The number of piperidine rings is 1. The van der Waals surface area contributed by atoms with Gasteiger partial charge in [-0.1, -0.05) is 0 Å². The average molecular weight is 368 g/mol. The van der Waals surface area contributed by atoms with E-state index >= 15 is 0 Å². The lowest BCUT2D eigenvalue weighted by Gasteiger charge is -2.42. The zero-order chi connectivity index (χ0) is 17.6. The Balaban J connectivity index is 1.46. The topological polar surface area (TPSA) is 60.2 Å². The van der Waals surface area contributed by atoms with Crippen LogP contribution < -0.4 is 0 Å². The third kappa shape index (κ3) is 4.78. The first-order valence-electron chi connectivity index (χ1n) is 9.15. The van der Waals surface area contributed by atoms with Crippen molar-refractivity contribution in [3.63, 3.8) is 0 Å². The van der Waals surface area contributed by atoms with E-state index in [2.05, 4.69) is 9.80 Å². The minimum Gasteiger partial charge on any atom is -0.455 e. The molecule has 0 aliphatic carbocycles. The number of rotatable bonds is 6. The van der Waals surface area contributed by atoms with Gasteiger partial charge in [-0.05, 0) is 31.2 Å². The Morgan fingerprint density at radius 2 is 1.92 bits per heavy atom. The van der Waals surface area contributed by atoms with Gasteiger partial charge in [0.25, 0.3) is 5.91 Å². The van der Waals surface area contributed by atoms with Crippen molar-refractivity contribution in [3.05, 3.63) is 23.7 Å². The lowest BCUT2D eigenvalue weighted by Crippen LogP contribution is -2.54. The van der Waals surface area contributed by atoms with E-state index in [1.165, 1.54) is 0 Å². The number of furan rings is 1. The average Bonchev–Trinajstić information content (AvgIpc) is 3.11. The second-order valence-electron chi connectivity index (χ2n) is 6.82. The summed E-state index contributed by atoms with van der Waals surface area (Å²) in [5, 5.41) is 9.04. The number of carbonyl (C=O) groups excluding carboxylic acids is 1. The van der Waals surface area contributed by atoms with Crippen molar-refractivity contribution in [2.75, 3.05) is 58.7 Å². The number of β-amino-alcohol motifs (C(OH)–C–C–N with tert-alkyl or cyclic N) is 1. The number of nitrogens with zero attached hydrogens (tertiary/aromatic N) is 3. The van der Waals surface area contributed by atoms with Crippen LogP contribution in [0.1, 0.15) is 29.2 Å². The standard InChI is InChI=1S/C18H29N3O3S/c1-25-14-16-2-3-17(24-16)18(23)21-6-4-15(5-7-21)20-10-8-19(9-11-20)12-13-22/h2-3,15,22H,4-14H2,1H3. The molecule has 0 bridgehead atoms. The predicted molar refractivity (Wildman–Crippen MR) is 100.0 cm³/mol. The Morgan fingerprint density at radius 3 is 2.56 bits per heavy atom. The van der Waals surface area contributed by atoms with E-state index in [9.17, 15) is 4.79 Å². The van der Waals surface area contributed by atoms with Crippen LogP contribution in [0.4, 0.5) is 0 Å². The molecule has 25 heavy (non-hydrogen) atoms. The summed E-state index contributed by atoms with van der Waals surface area (Å²) in [5.41, 5.74) is 0. The monoisotopic (exact) mass is 367 g/mol. The fourth-order valence-electron chi connectivity index (χ4n) is 3.80. The molecule has 0 saturated carbocycles. The highest BCUT2D eigenvalue weighted by Crippen LogP contribution is 2.21. The Hall–Kier alpha value is -1.02. The third-order valence-corrected chi connectivity index (χ3v) is 5.82. The maximum atomic E-state index is 12.6. The number of likely N-dealkylation sites (tertiary alicyclic amines) is 1. The van der Waals surface area contributed by atoms with Crippen LogP contribution in [0.25, 0.3) is 0 Å². The number of thioether (sulfide) groups is 1. The molecule has 0 atom stereocenters. The van der Waals surface area contributed by atoms with Crippen LogP contribution in [-0.4, -0.2) is 90.4 Å². The molecule has 2 aliphatic rings. The molecule has 2 fully saturated rings. The van der Waals surface area contributed by atoms with Crippen molar-refractivity contribution in [1.29, 1.82) is 0 Å². The minimum absolute atomic E-state index is 0.0265. The van der Waals surface area contributed by atoms with E-state index in [-0.39, 0.29) is 12.5 Å². The van der Waals surface area contributed by atoms with Gasteiger partial charge in [0.1, 0.15) is 5.76 Å². The molecule has 1 aromatic heterocycles. The van der Waals surface area contributed by atoms with Crippen LogP contribution >= 0.6 is 11.8 Å². The molecule has 0 unspecified atom stereocenters. The van der Waals surface area contributed by atoms with E-state index in [1.54, 1.807) is 17.8 Å². The Labute approximate surface area is 154 Å². The fraction of sp³-hybridized carbons (Fsp3) is 0.722. The van der Waals surface area contributed by atoms with E-state index < -0.39 is 0 Å². The summed E-state index contributed by atoms with van der Waals surface area (Å²) in [6.07, 6.45) is 4.09. The molecule has 1 aromatic rings. The molecule has 140 valence electrons. The highest BCUT2D eigenvalue weighted by molar-refractivity contribution is 7.97. The Bertz CT molecular complexity index is 550. The van der Waals surface area contributed by atoms with Gasteiger partial charge >= 0.3 is 0 Å². The maximum absolute atomic E-state index is 12.6. The van der Waals surface area contributed by atoms with Gasteiger partial charge in [0, 0.05) is 51.9 Å². The minimum atomic E-state index is 0.0265. The number of amides is 1. The van der Waals surface area contributed by atoms with Crippen molar-refractivity contribution in [3.8, 4) is 0 Å². The van der Waals surface area contributed by atoms with Crippen LogP contribution in [0.2, 0.25) is 0 Å². The van der Waals surface area contributed by atoms with Crippen molar-refractivity contribution < 1.29 is 14.3 Å². The highest BCUT2D eigenvalue weighted by atomic mass is 32.2. The summed E-state index contributed by atoms with van der Waals surface area (Å²) in [6, 6.07) is 4.28. The van der Waals surface area contributed by atoms with Gasteiger partial charge in [0.15, 0.2) is 5.76 Å². The molecule has 3 rings (SSSR count). The summed E-state index contributed by atoms with van der Waals surface area (Å²) in [7, 11) is 0. The van der Waals surface area contributed by atoms with Gasteiger partial charge in [-0.25, -0.2) is 0 Å². The number of hydrogen-bond acceptors (Lipinski definition) is 6.